The number of carbonyl (C=O) groups excluding carboxylic acids is 1. The molecule has 0 saturated heterocycles. The average molecular weight is 232 g/mol. The highest BCUT2D eigenvalue weighted by atomic mass is 16.6. The van der Waals surface area contributed by atoms with Crippen molar-refractivity contribution in [1.82, 2.24) is 4.90 Å². The number of ether oxygens (including phenoxy) is 2. The van der Waals surface area contributed by atoms with E-state index in [2.05, 4.69) is 0 Å². The third kappa shape index (κ3) is 2.31. The Kier molecular flexibility index (Phi) is 3.15. The smallest absolute Gasteiger partial charge is 0.267 e. The Balaban J connectivity index is 2.08. The minimum atomic E-state index is -0.678. The van der Waals surface area contributed by atoms with Crippen molar-refractivity contribution in [3.8, 4) is 17.6 Å². The molecule has 0 N–H and O–H groups in total. The maximum atomic E-state index is 11.9. The molecule has 5 heteroatoms. The first-order valence-corrected chi connectivity index (χ1v) is 5.23. The second kappa shape index (κ2) is 4.74. The summed E-state index contributed by atoms with van der Waals surface area (Å²) in [6.45, 7) is 0.214. The first-order chi connectivity index (χ1) is 8.22. The predicted molar refractivity (Wildman–Crippen MR) is 59.6 cm³/mol. The molecule has 1 aromatic rings. The van der Waals surface area contributed by atoms with Gasteiger partial charge in [-0.25, -0.2) is 0 Å². The van der Waals surface area contributed by atoms with Gasteiger partial charge in [0.2, 0.25) is 6.10 Å². The lowest BCUT2D eigenvalue weighted by molar-refractivity contribution is -0.139. The van der Waals surface area contributed by atoms with E-state index in [1.807, 2.05) is 18.2 Å². The summed E-state index contributed by atoms with van der Waals surface area (Å²) in [7, 11) is 1.56. The molecule has 1 amide bonds. The molecule has 88 valence electrons. The molecule has 1 unspecified atom stereocenters. The number of hydrogen-bond acceptors (Lipinski definition) is 4. The lowest BCUT2D eigenvalue weighted by atomic mass is 10.2. The number of benzene rings is 1. The molecule has 1 heterocycles. The summed E-state index contributed by atoms with van der Waals surface area (Å²) in [4.78, 5) is 13.2. The fourth-order valence-electron chi connectivity index (χ4n) is 1.57. The molecular weight excluding hydrogens is 220 g/mol. The zero-order valence-electron chi connectivity index (χ0n) is 9.42. The van der Waals surface area contributed by atoms with Crippen molar-refractivity contribution >= 4 is 5.91 Å². The number of para-hydroxylation sites is 2. The van der Waals surface area contributed by atoms with Crippen LogP contribution in [-0.4, -0.2) is 37.1 Å². The number of amides is 1. The van der Waals surface area contributed by atoms with Crippen LogP contribution in [0.4, 0.5) is 0 Å². The largest absolute Gasteiger partial charge is 0.485 e. The molecule has 0 aliphatic carbocycles. The third-order valence-corrected chi connectivity index (χ3v) is 2.47. The Morgan fingerprint density at radius 2 is 2.24 bits per heavy atom. The highest BCUT2D eigenvalue weighted by Crippen LogP contribution is 2.31. The second-order valence-corrected chi connectivity index (χ2v) is 3.72. The normalized spacial score (nSPS) is 17.1. The van der Waals surface area contributed by atoms with Crippen LogP contribution < -0.4 is 9.47 Å². The quantitative estimate of drug-likeness (QED) is 0.708. The summed E-state index contributed by atoms with van der Waals surface area (Å²) in [6, 6.07) is 9.10. The van der Waals surface area contributed by atoms with Crippen molar-refractivity contribution in [2.75, 3.05) is 20.2 Å². The van der Waals surface area contributed by atoms with Crippen LogP contribution in [0.5, 0.6) is 11.5 Å². The van der Waals surface area contributed by atoms with Crippen molar-refractivity contribution in [3.05, 3.63) is 24.3 Å². The lowest BCUT2D eigenvalue weighted by Gasteiger charge is -2.27. The van der Waals surface area contributed by atoms with Crippen molar-refractivity contribution in [3.63, 3.8) is 0 Å². The highest BCUT2D eigenvalue weighted by molar-refractivity contribution is 5.81. The third-order valence-electron chi connectivity index (χ3n) is 2.47. The van der Waals surface area contributed by atoms with Gasteiger partial charge in [-0.3, -0.25) is 4.79 Å². The van der Waals surface area contributed by atoms with Gasteiger partial charge in [0.15, 0.2) is 11.5 Å². The van der Waals surface area contributed by atoms with Crippen LogP contribution in [0, 0.1) is 11.3 Å². The monoisotopic (exact) mass is 232 g/mol. The molecule has 0 bridgehead atoms. The molecule has 1 aliphatic rings. The van der Waals surface area contributed by atoms with Gasteiger partial charge in [0.05, 0.1) is 6.07 Å². The summed E-state index contributed by atoms with van der Waals surface area (Å²) in [5, 5.41) is 8.53. The molecule has 1 aliphatic heterocycles. The molecule has 0 aromatic heterocycles. The highest BCUT2D eigenvalue weighted by Gasteiger charge is 2.29. The molecule has 1 atom stereocenters. The van der Waals surface area contributed by atoms with Crippen molar-refractivity contribution in [1.29, 1.82) is 5.26 Å². The number of nitrogens with zero attached hydrogens (tertiary/aromatic N) is 2. The van der Waals surface area contributed by atoms with Crippen LogP contribution in [0.1, 0.15) is 0 Å². The van der Waals surface area contributed by atoms with Crippen LogP contribution >= 0.6 is 0 Å². The van der Waals surface area contributed by atoms with Crippen LogP contribution in [0.15, 0.2) is 24.3 Å². The van der Waals surface area contributed by atoms with Crippen molar-refractivity contribution in [2.45, 2.75) is 6.10 Å². The first kappa shape index (κ1) is 11.3. The standard InChI is InChI=1S/C12H12N2O3/c1-14(7-6-13)12(15)11-8-16-9-4-2-3-5-10(9)17-11/h2-5,11H,7-8H2,1H3. The number of carbonyl (C=O) groups is 1. The van der Waals surface area contributed by atoms with E-state index >= 15 is 0 Å². The van der Waals surface area contributed by atoms with Gasteiger partial charge in [0, 0.05) is 7.05 Å². The zero-order chi connectivity index (χ0) is 12.3. The topological polar surface area (TPSA) is 62.6 Å². The fourth-order valence-corrected chi connectivity index (χ4v) is 1.57. The summed E-state index contributed by atoms with van der Waals surface area (Å²) in [6.07, 6.45) is -0.678. The number of likely N-dealkylation sites (N-methyl/N-ethyl adjacent to an activating group) is 1. The first-order valence-electron chi connectivity index (χ1n) is 5.23. The maximum Gasteiger partial charge on any atom is 0.267 e. The molecule has 0 fully saturated rings. The van der Waals surface area contributed by atoms with Crippen LogP contribution in [-0.2, 0) is 4.79 Å². The molecule has 17 heavy (non-hydrogen) atoms. The van der Waals surface area contributed by atoms with Crippen molar-refractivity contribution in [2.24, 2.45) is 0 Å². The van der Waals surface area contributed by atoms with E-state index in [0.717, 1.165) is 0 Å². The maximum absolute atomic E-state index is 11.9. The minimum absolute atomic E-state index is 0.0420. The van der Waals surface area contributed by atoms with Crippen LogP contribution in [0.3, 0.4) is 0 Å². The van der Waals surface area contributed by atoms with E-state index in [4.69, 9.17) is 14.7 Å². The van der Waals surface area contributed by atoms with Gasteiger partial charge < -0.3 is 14.4 Å². The fraction of sp³-hybridized carbons (Fsp3) is 0.333. The Morgan fingerprint density at radius 3 is 2.94 bits per heavy atom. The number of nitriles is 1. The second-order valence-electron chi connectivity index (χ2n) is 3.72. The zero-order valence-corrected chi connectivity index (χ0v) is 9.42. The molecule has 2 rings (SSSR count). The summed E-state index contributed by atoms with van der Waals surface area (Å²) >= 11 is 0. The Bertz CT molecular complexity index is 467. The van der Waals surface area contributed by atoms with Gasteiger partial charge in [-0.2, -0.15) is 5.26 Å². The van der Waals surface area contributed by atoms with Gasteiger partial charge in [-0.05, 0) is 12.1 Å². The SMILES string of the molecule is CN(CC#N)C(=O)C1COc2ccccc2O1. The molecule has 5 nitrogen and oxygen atoms in total. The van der Waals surface area contributed by atoms with Crippen molar-refractivity contribution < 1.29 is 14.3 Å². The molecular formula is C12H12N2O3. The summed E-state index contributed by atoms with van der Waals surface area (Å²) < 4.78 is 11.0. The van der Waals surface area contributed by atoms with E-state index in [0.29, 0.717) is 11.5 Å². The molecule has 1 aromatic carbocycles. The minimum Gasteiger partial charge on any atom is -0.485 e. The lowest BCUT2D eigenvalue weighted by Crippen LogP contribution is -2.44. The Hall–Kier alpha value is -2.22. The number of hydrogen-bond donors (Lipinski definition) is 0. The van der Waals surface area contributed by atoms with Crippen LogP contribution in [0.2, 0.25) is 0 Å². The Labute approximate surface area is 99.2 Å². The van der Waals surface area contributed by atoms with Gasteiger partial charge in [0.25, 0.3) is 5.91 Å². The predicted octanol–water partition coefficient (Wildman–Crippen LogP) is 0.808. The van der Waals surface area contributed by atoms with Gasteiger partial charge in [0.1, 0.15) is 13.2 Å². The van der Waals surface area contributed by atoms with Gasteiger partial charge >= 0.3 is 0 Å². The van der Waals surface area contributed by atoms with Crippen LogP contribution in [0.25, 0.3) is 0 Å². The molecule has 0 spiro atoms. The Morgan fingerprint density at radius 1 is 1.53 bits per heavy atom. The summed E-state index contributed by atoms with van der Waals surface area (Å²) in [5.74, 6) is 0.947. The van der Waals surface area contributed by atoms with E-state index in [1.54, 1.807) is 19.2 Å². The number of fused-ring (bicyclic) bond motifs is 1. The molecule has 0 saturated carbocycles. The van der Waals surface area contributed by atoms with Gasteiger partial charge in [-0.15, -0.1) is 0 Å². The number of rotatable bonds is 2. The van der Waals surface area contributed by atoms with Gasteiger partial charge in [-0.1, -0.05) is 12.1 Å². The van der Waals surface area contributed by atoms with E-state index in [1.165, 1.54) is 4.90 Å². The average Bonchev–Trinajstić information content (AvgIpc) is 2.37. The van der Waals surface area contributed by atoms with E-state index in [9.17, 15) is 4.79 Å². The summed E-state index contributed by atoms with van der Waals surface area (Å²) in [5.41, 5.74) is 0. The van der Waals surface area contributed by atoms with E-state index in [-0.39, 0.29) is 19.1 Å². The molecule has 0 radical (unpaired) electrons. The van der Waals surface area contributed by atoms with E-state index < -0.39 is 6.10 Å².